The van der Waals surface area contributed by atoms with Crippen LogP contribution in [0.5, 0.6) is 5.75 Å². The smallest absolute Gasteiger partial charge is 0.309 e. The molecular weight excluding hydrogens is 418 g/mol. The van der Waals surface area contributed by atoms with E-state index < -0.39 is 0 Å². The van der Waals surface area contributed by atoms with Gasteiger partial charge in [-0.05, 0) is 41.5 Å². The summed E-state index contributed by atoms with van der Waals surface area (Å²) in [5.41, 5.74) is 7.30. The van der Waals surface area contributed by atoms with Gasteiger partial charge in [-0.2, -0.15) is 0 Å². The van der Waals surface area contributed by atoms with Gasteiger partial charge in [-0.1, -0.05) is 48.5 Å². The number of hydroxylamine groups is 1. The molecule has 0 atom stereocenters. The number of hydrogen-bond donors (Lipinski definition) is 1. The van der Waals surface area contributed by atoms with E-state index in [0.717, 1.165) is 28.2 Å². The van der Waals surface area contributed by atoms with Crippen LogP contribution in [-0.2, 0) is 27.6 Å². The Balaban J connectivity index is 1.30. The number of pyridine rings is 1. The number of fused-ring (bicyclic) bond motifs is 1. The summed E-state index contributed by atoms with van der Waals surface area (Å²) in [6.07, 6.45) is 5.82. The Labute approximate surface area is 192 Å². The summed E-state index contributed by atoms with van der Waals surface area (Å²) in [5.74, 6) is 0.441. The van der Waals surface area contributed by atoms with Gasteiger partial charge in [0.2, 0.25) is 0 Å². The Morgan fingerprint density at radius 2 is 1.79 bits per heavy atom. The van der Waals surface area contributed by atoms with E-state index in [4.69, 9.17) is 14.3 Å². The van der Waals surface area contributed by atoms with Crippen molar-refractivity contribution in [3.8, 4) is 5.75 Å². The third kappa shape index (κ3) is 6.21. The minimum absolute atomic E-state index is 0.148. The van der Waals surface area contributed by atoms with Gasteiger partial charge in [-0.3, -0.25) is 15.1 Å². The van der Waals surface area contributed by atoms with Gasteiger partial charge < -0.3 is 13.9 Å². The number of methoxy groups -OCH3 is 1. The lowest BCUT2D eigenvalue weighted by Crippen LogP contribution is -2.14. The van der Waals surface area contributed by atoms with Crippen molar-refractivity contribution < 1.29 is 19.1 Å². The van der Waals surface area contributed by atoms with Gasteiger partial charge in [0.1, 0.15) is 18.0 Å². The predicted molar refractivity (Wildman–Crippen MR) is 125 cm³/mol. The highest BCUT2D eigenvalue weighted by Crippen LogP contribution is 2.16. The van der Waals surface area contributed by atoms with E-state index in [9.17, 15) is 4.79 Å². The van der Waals surface area contributed by atoms with Crippen molar-refractivity contribution in [3.63, 3.8) is 0 Å². The highest BCUT2D eigenvalue weighted by Gasteiger charge is 2.05. The Hall–Kier alpha value is -4.10. The van der Waals surface area contributed by atoms with Crippen molar-refractivity contribution in [1.29, 1.82) is 0 Å². The molecule has 0 saturated carbocycles. The molecule has 1 N–H and O–H groups in total. The fourth-order valence-corrected chi connectivity index (χ4v) is 3.20. The van der Waals surface area contributed by atoms with Crippen LogP contribution in [0.4, 0.5) is 0 Å². The van der Waals surface area contributed by atoms with Crippen LogP contribution in [0.25, 0.3) is 11.3 Å². The third-order valence-corrected chi connectivity index (χ3v) is 4.93. The standard InChI is InChI=1S/C26H25N3O4/c1-31-26(30)15-14-24(21-7-3-2-4-8-21)28-33-18-20-10-12-23(13-11-20)32-19-22-17-29-16-6-5-9-25(29)27-22/h2-14,16-17,28H,15,18-19H2,1H3. The van der Waals surface area contributed by atoms with Gasteiger partial charge in [0.05, 0.1) is 31.5 Å². The van der Waals surface area contributed by atoms with Gasteiger partial charge >= 0.3 is 5.97 Å². The Morgan fingerprint density at radius 3 is 2.55 bits per heavy atom. The second-order valence-corrected chi connectivity index (χ2v) is 7.29. The third-order valence-electron chi connectivity index (χ3n) is 4.93. The van der Waals surface area contributed by atoms with Crippen LogP contribution in [0.2, 0.25) is 0 Å². The van der Waals surface area contributed by atoms with Crippen molar-refractivity contribution in [2.24, 2.45) is 0 Å². The van der Waals surface area contributed by atoms with Crippen molar-refractivity contribution in [2.45, 2.75) is 19.6 Å². The number of imidazole rings is 1. The van der Waals surface area contributed by atoms with Crippen LogP contribution in [-0.4, -0.2) is 22.5 Å². The fourth-order valence-electron chi connectivity index (χ4n) is 3.20. The zero-order valence-electron chi connectivity index (χ0n) is 18.3. The molecular formula is C26H25N3O4. The Morgan fingerprint density at radius 1 is 1.00 bits per heavy atom. The minimum Gasteiger partial charge on any atom is -0.487 e. The first-order valence-electron chi connectivity index (χ1n) is 10.6. The van der Waals surface area contributed by atoms with Gasteiger partial charge in [0.25, 0.3) is 0 Å². The van der Waals surface area contributed by atoms with E-state index in [0.29, 0.717) is 18.9 Å². The molecule has 2 aromatic carbocycles. The number of rotatable bonds is 10. The van der Waals surface area contributed by atoms with E-state index in [2.05, 4.69) is 10.5 Å². The molecule has 0 saturated heterocycles. The first-order valence-corrected chi connectivity index (χ1v) is 10.6. The molecule has 0 amide bonds. The SMILES string of the molecule is COC(=O)CC=C(NOCc1ccc(OCc2cn3ccccc3n2)cc1)c1ccccc1. The van der Waals surface area contributed by atoms with Crippen molar-refractivity contribution in [2.75, 3.05) is 7.11 Å². The lowest BCUT2D eigenvalue weighted by Gasteiger charge is -2.12. The topological polar surface area (TPSA) is 74.1 Å². The monoisotopic (exact) mass is 443 g/mol. The fraction of sp³-hybridized carbons (Fsp3) is 0.154. The molecule has 0 spiro atoms. The summed E-state index contributed by atoms with van der Waals surface area (Å²) in [5, 5.41) is 0. The molecule has 0 aliphatic carbocycles. The molecule has 0 aliphatic rings. The Bertz CT molecular complexity index is 1180. The summed E-state index contributed by atoms with van der Waals surface area (Å²) < 4.78 is 12.5. The maximum atomic E-state index is 11.5. The van der Waals surface area contributed by atoms with Gasteiger partial charge in [0, 0.05) is 12.4 Å². The van der Waals surface area contributed by atoms with E-state index in [-0.39, 0.29) is 12.4 Å². The van der Waals surface area contributed by atoms with Gasteiger partial charge in [-0.25, -0.2) is 4.98 Å². The molecule has 4 rings (SSSR count). The number of hydrogen-bond acceptors (Lipinski definition) is 6. The largest absolute Gasteiger partial charge is 0.487 e. The lowest BCUT2D eigenvalue weighted by atomic mass is 10.1. The molecule has 168 valence electrons. The van der Waals surface area contributed by atoms with Crippen LogP contribution in [0, 0.1) is 0 Å². The molecule has 2 aromatic heterocycles. The zero-order valence-corrected chi connectivity index (χ0v) is 18.3. The number of carbonyl (C=O) groups is 1. The van der Waals surface area contributed by atoms with Crippen molar-refractivity contribution in [3.05, 3.63) is 108 Å². The van der Waals surface area contributed by atoms with E-state index in [1.54, 1.807) is 6.08 Å². The number of carbonyl (C=O) groups excluding carboxylic acids is 1. The van der Waals surface area contributed by atoms with Crippen LogP contribution in [0.15, 0.2) is 91.3 Å². The second-order valence-electron chi connectivity index (χ2n) is 7.29. The van der Waals surface area contributed by atoms with Crippen LogP contribution in [0.1, 0.15) is 23.2 Å². The molecule has 2 heterocycles. The quantitative estimate of drug-likeness (QED) is 0.287. The number of benzene rings is 2. The lowest BCUT2D eigenvalue weighted by molar-refractivity contribution is -0.139. The van der Waals surface area contributed by atoms with Crippen LogP contribution < -0.4 is 10.2 Å². The predicted octanol–water partition coefficient (Wildman–Crippen LogP) is 4.54. The molecule has 7 heteroatoms. The Kier molecular flexibility index (Phi) is 7.35. The first-order chi connectivity index (χ1) is 16.2. The number of aromatic nitrogens is 2. The molecule has 0 radical (unpaired) electrons. The molecule has 0 unspecified atom stereocenters. The second kappa shape index (κ2) is 11.0. The number of nitrogens with one attached hydrogen (secondary N) is 1. The number of esters is 1. The maximum absolute atomic E-state index is 11.5. The molecule has 0 aliphatic heterocycles. The minimum atomic E-state index is -0.315. The highest BCUT2D eigenvalue weighted by atomic mass is 16.6. The highest BCUT2D eigenvalue weighted by molar-refractivity contribution is 5.74. The first kappa shape index (κ1) is 22.1. The van der Waals surface area contributed by atoms with E-state index in [1.807, 2.05) is 89.6 Å². The maximum Gasteiger partial charge on any atom is 0.309 e. The number of ether oxygens (including phenoxy) is 2. The summed E-state index contributed by atoms with van der Waals surface area (Å²) in [6, 6.07) is 23.2. The number of nitrogens with zero attached hydrogens (tertiary/aromatic N) is 2. The van der Waals surface area contributed by atoms with Gasteiger partial charge in [0.15, 0.2) is 0 Å². The average Bonchev–Trinajstić information content (AvgIpc) is 3.29. The van der Waals surface area contributed by atoms with Crippen LogP contribution in [0.3, 0.4) is 0 Å². The van der Waals surface area contributed by atoms with Crippen molar-refractivity contribution >= 4 is 17.3 Å². The molecule has 33 heavy (non-hydrogen) atoms. The van der Waals surface area contributed by atoms with Crippen LogP contribution >= 0.6 is 0 Å². The summed E-state index contributed by atoms with van der Waals surface area (Å²) in [6.45, 7) is 0.736. The average molecular weight is 444 g/mol. The molecule has 0 bridgehead atoms. The normalized spacial score (nSPS) is 11.4. The zero-order chi connectivity index (χ0) is 22.9. The van der Waals surface area contributed by atoms with E-state index >= 15 is 0 Å². The molecule has 7 nitrogen and oxygen atoms in total. The molecule has 0 fully saturated rings. The summed E-state index contributed by atoms with van der Waals surface area (Å²) in [7, 11) is 1.37. The summed E-state index contributed by atoms with van der Waals surface area (Å²) >= 11 is 0. The van der Waals surface area contributed by atoms with Crippen molar-refractivity contribution in [1.82, 2.24) is 14.9 Å². The summed E-state index contributed by atoms with van der Waals surface area (Å²) in [4.78, 5) is 21.7. The molecule has 4 aromatic rings. The van der Waals surface area contributed by atoms with Gasteiger partial charge in [-0.15, -0.1) is 0 Å². The van der Waals surface area contributed by atoms with E-state index in [1.165, 1.54) is 7.11 Å².